The third-order valence-electron chi connectivity index (χ3n) is 3.10. The van der Waals surface area contributed by atoms with Gasteiger partial charge in [-0.05, 0) is 38.1 Å². The average molecular weight is 271 g/mol. The second-order valence-corrected chi connectivity index (χ2v) is 5.92. The van der Waals surface area contributed by atoms with Crippen molar-refractivity contribution in [3.63, 3.8) is 0 Å². The summed E-state index contributed by atoms with van der Waals surface area (Å²) in [5.41, 5.74) is 6.71. The van der Waals surface area contributed by atoms with Gasteiger partial charge in [-0.3, -0.25) is 0 Å². The molecule has 4 heteroatoms. The average Bonchev–Trinajstić information content (AvgIpc) is 2.34. The highest BCUT2D eigenvalue weighted by atomic mass is 35.5. The first kappa shape index (κ1) is 13.1. The van der Waals surface area contributed by atoms with Crippen LogP contribution in [0.15, 0.2) is 23.1 Å². The molecule has 94 valence electrons. The maximum absolute atomic E-state index is 6.14. The first-order valence-electron chi connectivity index (χ1n) is 6.16. The number of benzene rings is 1. The Morgan fingerprint density at radius 3 is 2.71 bits per heavy atom. The van der Waals surface area contributed by atoms with Gasteiger partial charge in [-0.15, -0.1) is 11.8 Å². The lowest BCUT2D eigenvalue weighted by Crippen LogP contribution is -2.31. The first-order valence-corrected chi connectivity index (χ1v) is 7.53. The Morgan fingerprint density at radius 1 is 1.24 bits per heavy atom. The van der Waals surface area contributed by atoms with E-state index in [0.29, 0.717) is 0 Å². The van der Waals surface area contributed by atoms with Gasteiger partial charge in [-0.2, -0.15) is 0 Å². The third-order valence-corrected chi connectivity index (χ3v) is 4.66. The molecule has 1 saturated heterocycles. The summed E-state index contributed by atoms with van der Waals surface area (Å²) in [5, 5.41) is 0.772. The summed E-state index contributed by atoms with van der Waals surface area (Å²) in [6.07, 6.45) is 4.08. The second-order valence-electron chi connectivity index (χ2n) is 4.41. The summed E-state index contributed by atoms with van der Waals surface area (Å²) in [7, 11) is 0. The summed E-state index contributed by atoms with van der Waals surface area (Å²) >= 11 is 7.91. The number of halogens is 1. The summed E-state index contributed by atoms with van der Waals surface area (Å²) in [6.45, 7) is 3.63. The van der Waals surface area contributed by atoms with Crippen molar-refractivity contribution in [2.45, 2.75) is 24.2 Å². The van der Waals surface area contributed by atoms with Crippen LogP contribution in [0.2, 0.25) is 5.02 Å². The van der Waals surface area contributed by atoms with E-state index in [4.69, 9.17) is 17.3 Å². The summed E-state index contributed by atoms with van der Waals surface area (Å²) in [5.74, 6) is 1.06. The maximum atomic E-state index is 6.14. The van der Waals surface area contributed by atoms with Gasteiger partial charge in [-0.25, -0.2) is 0 Å². The molecule has 1 heterocycles. The molecule has 0 aromatic heterocycles. The SMILES string of the molecule is Nc1cccc(Cl)c1SCCN1CCCCC1. The van der Waals surface area contributed by atoms with E-state index in [1.165, 1.54) is 32.4 Å². The number of likely N-dealkylation sites (tertiary alicyclic amines) is 1. The van der Waals surface area contributed by atoms with Crippen molar-refractivity contribution < 1.29 is 0 Å². The minimum Gasteiger partial charge on any atom is -0.398 e. The molecule has 2 rings (SSSR count). The van der Waals surface area contributed by atoms with Crippen molar-refractivity contribution in [1.82, 2.24) is 4.90 Å². The van der Waals surface area contributed by atoms with Crippen LogP contribution in [0.3, 0.4) is 0 Å². The predicted molar refractivity (Wildman–Crippen MR) is 76.9 cm³/mol. The number of nitrogen functional groups attached to an aromatic ring is 1. The van der Waals surface area contributed by atoms with Crippen molar-refractivity contribution in [3.8, 4) is 0 Å². The molecular weight excluding hydrogens is 252 g/mol. The molecule has 1 fully saturated rings. The number of nitrogens with two attached hydrogens (primary N) is 1. The number of piperidine rings is 1. The van der Waals surface area contributed by atoms with Crippen LogP contribution in [0.1, 0.15) is 19.3 Å². The molecule has 0 radical (unpaired) electrons. The topological polar surface area (TPSA) is 29.3 Å². The Labute approximate surface area is 113 Å². The van der Waals surface area contributed by atoms with Crippen LogP contribution in [0.25, 0.3) is 0 Å². The minimum absolute atomic E-state index is 0.772. The minimum atomic E-state index is 0.772. The van der Waals surface area contributed by atoms with E-state index in [1.807, 2.05) is 18.2 Å². The molecule has 0 spiro atoms. The highest BCUT2D eigenvalue weighted by Crippen LogP contribution is 2.32. The summed E-state index contributed by atoms with van der Waals surface area (Å²) in [6, 6.07) is 5.71. The first-order chi connectivity index (χ1) is 8.27. The van der Waals surface area contributed by atoms with E-state index < -0.39 is 0 Å². The number of nitrogens with zero attached hydrogens (tertiary/aromatic N) is 1. The lowest BCUT2D eigenvalue weighted by atomic mass is 10.1. The Morgan fingerprint density at radius 2 is 2.00 bits per heavy atom. The molecule has 0 bridgehead atoms. The van der Waals surface area contributed by atoms with Crippen LogP contribution < -0.4 is 5.73 Å². The smallest absolute Gasteiger partial charge is 0.0562 e. The fraction of sp³-hybridized carbons (Fsp3) is 0.538. The molecule has 0 amide bonds. The fourth-order valence-electron chi connectivity index (χ4n) is 2.14. The van der Waals surface area contributed by atoms with Crippen LogP contribution in [0, 0.1) is 0 Å². The van der Waals surface area contributed by atoms with E-state index in [1.54, 1.807) is 11.8 Å². The third kappa shape index (κ3) is 3.80. The monoisotopic (exact) mass is 270 g/mol. The summed E-state index contributed by atoms with van der Waals surface area (Å²) < 4.78 is 0. The summed E-state index contributed by atoms with van der Waals surface area (Å²) in [4.78, 5) is 3.56. The molecule has 0 atom stereocenters. The highest BCUT2D eigenvalue weighted by molar-refractivity contribution is 7.99. The molecule has 1 aromatic rings. The molecule has 1 aliphatic heterocycles. The van der Waals surface area contributed by atoms with E-state index in [0.717, 1.165) is 27.9 Å². The molecule has 0 unspecified atom stereocenters. The number of thioether (sulfide) groups is 1. The molecule has 2 nitrogen and oxygen atoms in total. The molecule has 2 N–H and O–H groups in total. The Balaban J connectivity index is 1.81. The zero-order valence-corrected chi connectivity index (χ0v) is 11.6. The van der Waals surface area contributed by atoms with Crippen LogP contribution >= 0.6 is 23.4 Å². The van der Waals surface area contributed by atoms with E-state index in [9.17, 15) is 0 Å². The van der Waals surface area contributed by atoms with Crippen LogP contribution in [-0.2, 0) is 0 Å². The van der Waals surface area contributed by atoms with E-state index >= 15 is 0 Å². The lowest BCUT2D eigenvalue weighted by molar-refractivity contribution is 0.242. The van der Waals surface area contributed by atoms with Gasteiger partial charge in [0, 0.05) is 22.9 Å². The zero-order valence-electron chi connectivity index (χ0n) is 9.99. The number of anilines is 1. The van der Waals surface area contributed by atoms with Gasteiger partial charge in [0.25, 0.3) is 0 Å². The Hall–Kier alpha value is -0.380. The molecule has 1 aliphatic rings. The maximum Gasteiger partial charge on any atom is 0.0562 e. The van der Waals surface area contributed by atoms with Crippen LogP contribution in [-0.4, -0.2) is 30.3 Å². The number of hydrogen-bond donors (Lipinski definition) is 1. The second kappa shape index (κ2) is 6.53. The quantitative estimate of drug-likeness (QED) is 0.671. The largest absolute Gasteiger partial charge is 0.398 e. The van der Waals surface area contributed by atoms with Crippen molar-refractivity contribution in [2.75, 3.05) is 31.1 Å². The van der Waals surface area contributed by atoms with Gasteiger partial charge in [0.1, 0.15) is 0 Å². The molecule has 0 aliphatic carbocycles. The van der Waals surface area contributed by atoms with Gasteiger partial charge in [0.15, 0.2) is 0 Å². The standard InChI is InChI=1S/C13H19ClN2S/c14-11-5-4-6-12(15)13(11)17-10-9-16-7-2-1-3-8-16/h4-6H,1-3,7-10,15H2. The van der Waals surface area contributed by atoms with E-state index in [-0.39, 0.29) is 0 Å². The Bertz CT molecular complexity index is 344. The normalized spacial score (nSPS) is 17.2. The van der Waals surface area contributed by atoms with Crippen molar-refractivity contribution in [1.29, 1.82) is 0 Å². The lowest BCUT2D eigenvalue weighted by Gasteiger charge is -2.26. The van der Waals surface area contributed by atoms with Gasteiger partial charge in [0.2, 0.25) is 0 Å². The van der Waals surface area contributed by atoms with Gasteiger partial charge in [0.05, 0.1) is 5.02 Å². The van der Waals surface area contributed by atoms with Crippen molar-refractivity contribution >= 4 is 29.1 Å². The molecule has 1 aromatic carbocycles. The number of hydrogen-bond acceptors (Lipinski definition) is 3. The molecule has 0 saturated carbocycles. The van der Waals surface area contributed by atoms with Crippen LogP contribution in [0.4, 0.5) is 5.69 Å². The number of rotatable bonds is 4. The Kier molecular flexibility index (Phi) is 5.01. The highest BCUT2D eigenvalue weighted by Gasteiger charge is 2.10. The van der Waals surface area contributed by atoms with Gasteiger partial charge < -0.3 is 10.6 Å². The van der Waals surface area contributed by atoms with Crippen LogP contribution in [0.5, 0.6) is 0 Å². The van der Waals surface area contributed by atoms with Gasteiger partial charge in [-0.1, -0.05) is 24.1 Å². The van der Waals surface area contributed by atoms with Crippen molar-refractivity contribution in [2.24, 2.45) is 0 Å². The van der Waals surface area contributed by atoms with E-state index in [2.05, 4.69) is 4.90 Å². The van der Waals surface area contributed by atoms with Gasteiger partial charge >= 0.3 is 0 Å². The molecular formula is C13H19ClN2S. The zero-order chi connectivity index (χ0) is 12.1. The predicted octanol–water partition coefficient (Wildman–Crippen LogP) is 3.50. The fourth-order valence-corrected chi connectivity index (χ4v) is 3.48. The van der Waals surface area contributed by atoms with Crippen molar-refractivity contribution in [3.05, 3.63) is 23.2 Å². The molecule has 17 heavy (non-hydrogen) atoms.